The van der Waals surface area contributed by atoms with Crippen LogP contribution >= 0.6 is 0 Å². The third-order valence-electron chi connectivity index (χ3n) is 6.47. The molecule has 6 N–H and O–H groups in total. The van der Waals surface area contributed by atoms with E-state index in [2.05, 4.69) is 6.92 Å². The number of carbonyl (C=O) groups is 1. The number of esters is 1. The number of rotatable bonds is 7. The van der Waals surface area contributed by atoms with Gasteiger partial charge in [-0.15, -0.1) is 0 Å². The fraction of sp³-hybridized carbons (Fsp3) is 0.875. The van der Waals surface area contributed by atoms with Crippen LogP contribution < -0.4 is 0 Å². The summed E-state index contributed by atoms with van der Waals surface area (Å²) >= 11 is 0. The predicted octanol–water partition coefficient (Wildman–Crippen LogP) is 0.296. The van der Waals surface area contributed by atoms with Crippen molar-refractivity contribution in [3.05, 3.63) is 12.2 Å². The zero-order valence-corrected chi connectivity index (χ0v) is 19.9. The third-order valence-corrected chi connectivity index (χ3v) is 6.47. The van der Waals surface area contributed by atoms with Gasteiger partial charge in [0.2, 0.25) is 0 Å². The topological polar surface area (TPSA) is 166 Å². The van der Waals surface area contributed by atoms with Gasteiger partial charge in [-0.2, -0.15) is 0 Å². The van der Waals surface area contributed by atoms with Crippen LogP contribution in [0.2, 0.25) is 0 Å². The lowest BCUT2D eigenvalue weighted by Crippen LogP contribution is -2.59. The summed E-state index contributed by atoms with van der Waals surface area (Å²) < 4.78 is 16.8. The van der Waals surface area contributed by atoms with E-state index in [1.54, 1.807) is 0 Å². The Kier molecular flexibility index (Phi) is 12.9. The Balaban J connectivity index is 2.05. The van der Waals surface area contributed by atoms with Gasteiger partial charge >= 0.3 is 5.97 Å². The van der Waals surface area contributed by atoms with E-state index >= 15 is 0 Å². The predicted molar refractivity (Wildman–Crippen MR) is 122 cm³/mol. The van der Waals surface area contributed by atoms with Crippen LogP contribution in [0.25, 0.3) is 0 Å². The third kappa shape index (κ3) is 9.16. The monoisotopic (exact) mass is 490 g/mol. The maximum atomic E-state index is 12.2. The van der Waals surface area contributed by atoms with Crippen LogP contribution in [-0.2, 0) is 19.0 Å². The second-order valence-corrected chi connectivity index (χ2v) is 9.30. The van der Waals surface area contributed by atoms with Crippen molar-refractivity contribution >= 4 is 5.97 Å². The van der Waals surface area contributed by atoms with Gasteiger partial charge < -0.3 is 44.8 Å². The van der Waals surface area contributed by atoms with Gasteiger partial charge in [0, 0.05) is 12.5 Å². The number of unbranched alkanes of at least 4 members (excludes halogenated alkanes) is 2. The van der Waals surface area contributed by atoms with E-state index in [0.717, 1.165) is 57.4 Å². The number of aliphatic hydroxyl groups excluding tert-OH is 6. The molecule has 2 aliphatic rings. The molecular weight excluding hydrogens is 448 g/mol. The number of hydrogen-bond donors (Lipinski definition) is 6. The summed E-state index contributed by atoms with van der Waals surface area (Å²) in [6.45, 7) is 1.54. The molecule has 10 heteroatoms. The molecule has 0 amide bonds. The fourth-order valence-electron chi connectivity index (χ4n) is 4.33. The average molecular weight is 491 g/mol. The first kappa shape index (κ1) is 29.1. The lowest BCUT2D eigenvalue weighted by Gasteiger charge is -2.41. The molecule has 0 radical (unpaired) electrons. The van der Waals surface area contributed by atoms with Gasteiger partial charge in [-0.1, -0.05) is 32.6 Å². The highest BCUT2D eigenvalue weighted by Gasteiger charge is 2.45. The molecule has 2 aliphatic heterocycles. The molecule has 0 aliphatic carbocycles. The molecular formula is C24H42O10. The van der Waals surface area contributed by atoms with Crippen molar-refractivity contribution < 1.29 is 49.6 Å². The van der Waals surface area contributed by atoms with E-state index in [-0.39, 0.29) is 12.5 Å². The lowest BCUT2D eigenvalue weighted by molar-refractivity contribution is -0.313. The fourth-order valence-corrected chi connectivity index (χ4v) is 4.33. The summed E-state index contributed by atoms with van der Waals surface area (Å²) in [4.78, 5) is 12.2. The van der Waals surface area contributed by atoms with Gasteiger partial charge in [-0.3, -0.25) is 0 Å². The standard InChI is InChI=1S/C24H42O10/c1-2-3-5-8-15-9-6-4-7-10-16(13-18(27)17(26)11-12-20(28)32-15)33-24-23(31)22(30)21(29)19(14-25)34-24/h11-12,15-19,21-27,29-31H,2-10,13-14H2,1H3. The van der Waals surface area contributed by atoms with E-state index in [1.165, 1.54) is 6.08 Å². The Morgan fingerprint density at radius 3 is 2.44 bits per heavy atom. The van der Waals surface area contributed by atoms with Crippen LogP contribution in [-0.4, -0.2) is 98.3 Å². The Hall–Kier alpha value is -1.11. The van der Waals surface area contributed by atoms with Crippen molar-refractivity contribution in [2.24, 2.45) is 0 Å². The molecule has 0 aromatic rings. The Labute approximate surface area is 201 Å². The van der Waals surface area contributed by atoms with E-state index in [4.69, 9.17) is 14.2 Å². The number of hydrogen-bond acceptors (Lipinski definition) is 10. The smallest absolute Gasteiger partial charge is 0.330 e. The van der Waals surface area contributed by atoms with Crippen molar-refractivity contribution in [3.8, 4) is 0 Å². The van der Waals surface area contributed by atoms with Gasteiger partial charge in [0.1, 0.15) is 30.5 Å². The van der Waals surface area contributed by atoms with Crippen LogP contribution in [0.4, 0.5) is 0 Å². The van der Waals surface area contributed by atoms with E-state index < -0.39 is 61.6 Å². The van der Waals surface area contributed by atoms with Gasteiger partial charge in [0.05, 0.1) is 24.9 Å². The SMILES string of the molecule is CCCCCC1CCCCCC(OC2OC(CO)C(O)C(O)C2O)CC(O)C(O)C=CC(=O)O1. The minimum absolute atomic E-state index is 0.0186. The summed E-state index contributed by atoms with van der Waals surface area (Å²) in [5.41, 5.74) is 0. The number of ether oxygens (including phenoxy) is 3. The average Bonchev–Trinajstić information content (AvgIpc) is 2.81. The zero-order valence-electron chi connectivity index (χ0n) is 19.9. The molecule has 34 heavy (non-hydrogen) atoms. The largest absolute Gasteiger partial charge is 0.459 e. The van der Waals surface area contributed by atoms with Crippen molar-refractivity contribution in [1.82, 2.24) is 0 Å². The van der Waals surface area contributed by atoms with Crippen molar-refractivity contribution in [3.63, 3.8) is 0 Å². The lowest BCUT2D eigenvalue weighted by atomic mass is 9.97. The van der Waals surface area contributed by atoms with Crippen LogP contribution in [0.15, 0.2) is 12.2 Å². The Morgan fingerprint density at radius 2 is 1.74 bits per heavy atom. The van der Waals surface area contributed by atoms with E-state index in [0.29, 0.717) is 6.42 Å². The number of aliphatic hydroxyl groups is 6. The van der Waals surface area contributed by atoms with Gasteiger partial charge in [0.15, 0.2) is 6.29 Å². The molecule has 2 heterocycles. The van der Waals surface area contributed by atoms with Crippen LogP contribution in [0.5, 0.6) is 0 Å². The quantitative estimate of drug-likeness (QED) is 0.216. The molecule has 0 bridgehead atoms. The molecule has 9 unspecified atom stereocenters. The first-order valence-corrected chi connectivity index (χ1v) is 12.5. The van der Waals surface area contributed by atoms with Crippen molar-refractivity contribution in [1.29, 1.82) is 0 Å². The summed E-state index contributed by atoms with van der Waals surface area (Å²) in [7, 11) is 0. The highest BCUT2D eigenvalue weighted by molar-refractivity contribution is 5.82. The van der Waals surface area contributed by atoms with Crippen LogP contribution in [0.3, 0.4) is 0 Å². The minimum Gasteiger partial charge on any atom is -0.459 e. The summed E-state index contributed by atoms with van der Waals surface area (Å²) in [5, 5.41) is 60.4. The van der Waals surface area contributed by atoms with Gasteiger partial charge in [0.25, 0.3) is 0 Å². The number of cyclic esters (lactones) is 1. The first-order valence-electron chi connectivity index (χ1n) is 12.5. The van der Waals surface area contributed by atoms with Crippen LogP contribution in [0.1, 0.15) is 71.1 Å². The Bertz CT molecular complexity index is 613. The van der Waals surface area contributed by atoms with Gasteiger partial charge in [-0.05, 0) is 38.2 Å². The summed E-state index contributed by atoms with van der Waals surface area (Å²) in [6.07, 6.45) is -0.705. The van der Waals surface area contributed by atoms with Gasteiger partial charge in [-0.25, -0.2) is 4.79 Å². The molecule has 1 saturated heterocycles. The number of carbonyl (C=O) groups excluding carboxylic acids is 1. The van der Waals surface area contributed by atoms with E-state index in [1.807, 2.05) is 0 Å². The second-order valence-electron chi connectivity index (χ2n) is 9.30. The molecule has 1 fully saturated rings. The molecule has 9 atom stereocenters. The maximum absolute atomic E-state index is 12.2. The van der Waals surface area contributed by atoms with Crippen molar-refractivity contribution in [2.75, 3.05) is 6.61 Å². The first-order chi connectivity index (χ1) is 16.3. The maximum Gasteiger partial charge on any atom is 0.330 e. The summed E-state index contributed by atoms with van der Waals surface area (Å²) in [5.74, 6) is -0.557. The molecule has 2 rings (SSSR count). The minimum atomic E-state index is -1.57. The summed E-state index contributed by atoms with van der Waals surface area (Å²) in [6, 6.07) is 0. The van der Waals surface area contributed by atoms with Crippen molar-refractivity contribution in [2.45, 2.75) is 126 Å². The van der Waals surface area contributed by atoms with Crippen LogP contribution in [0, 0.1) is 0 Å². The molecule has 0 aromatic heterocycles. The normalized spacial score (nSPS) is 38.8. The van der Waals surface area contributed by atoms with E-state index in [9.17, 15) is 35.4 Å². The highest BCUT2D eigenvalue weighted by Crippen LogP contribution is 2.26. The molecule has 0 saturated carbocycles. The molecule has 0 aromatic carbocycles. The molecule has 198 valence electrons. The molecule has 10 nitrogen and oxygen atoms in total. The second kappa shape index (κ2) is 15.1. The molecule has 0 spiro atoms. The Morgan fingerprint density at radius 1 is 1.00 bits per heavy atom. The zero-order chi connectivity index (χ0) is 25.1. The highest BCUT2D eigenvalue weighted by atomic mass is 16.7.